The molecule has 0 aliphatic carbocycles. The van der Waals surface area contributed by atoms with Gasteiger partial charge in [0.25, 0.3) is 0 Å². The van der Waals surface area contributed by atoms with E-state index in [0.29, 0.717) is 24.2 Å². The van der Waals surface area contributed by atoms with Gasteiger partial charge in [-0.3, -0.25) is 5.41 Å². The summed E-state index contributed by atoms with van der Waals surface area (Å²) in [5.74, 6) is -2.33. The molecule has 0 spiro atoms. The zero-order chi connectivity index (χ0) is 21.4. The second-order valence-electron chi connectivity index (χ2n) is 7.69. The number of hydrogen-bond acceptors (Lipinski definition) is 7. The Kier molecular flexibility index (Phi) is 5.03. The Hall–Kier alpha value is -3.08. The number of nitriles is 3. The van der Waals surface area contributed by atoms with Gasteiger partial charge in [-0.2, -0.15) is 15.8 Å². The largest absolute Gasteiger partial charge is 0.496 e. The van der Waals surface area contributed by atoms with E-state index in [1.165, 1.54) is 7.11 Å². The van der Waals surface area contributed by atoms with Crippen LogP contribution in [0.4, 0.5) is 0 Å². The molecule has 0 saturated carbocycles. The van der Waals surface area contributed by atoms with Gasteiger partial charge in [0.2, 0.25) is 11.7 Å². The van der Waals surface area contributed by atoms with Crippen LogP contribution in [0.15, 0.2) is 24.3 Å². The number of benzene rings is 1. The van der Waals surface area contributed by atoms with Crippen LogP contribution in [0, 0.1) is 56.2 Å². The first kappa shape index (κ1) is 20.6. The first-order chi connectivity index (χ1) is 13.9. The number of rotatable bonds is 5. The molecule has 2 heterocycles. The van der Waals surface area contributed by atoms with Gasteiger partial charge in [0.1, 0.15) is 5.75 Å². The standard InChI is InChI=1S/C22H24N4O3/c1-5-14(6-2)18-21(11-23,12-24)22(13-25)17(20(3,28-18)29-19(22)26)15-9-7-8-10-16(15)27-4/h7-10,14,17-18,26H,5-6H2,1-4H3. The Bertz CT molecular complexity index is 938. The first-order valence-corrected chi connectivity index (χ1v) is 9.68. The third-order valence-electron chi connectivity index (χ3n) is 6.49. The second-order valence-corrected chi connectivity index (χ2v) is 7.69. The summed E-state index contributed by atoms with van der Waals surface area (Å²) in [7, 11) is 1.51. The second kappa shape index (κ2) is 7.07. The topological polar surface area (TPSA) is 123 Å². The molecule has 1 aromatic rings. The number of nitrogens with zero attached hydrogens (tertiary/aromatic N) is 3. The van der Waals surface area contributed by atoms with Crippen LogP contribution in [0.1, 0.15) is 45.1 Å². The minimum Gasteiger partial charge on any atom is -0.496 e. The highest BCUT2D eigenvalue weighted by Gasteiger charge is 2.80. The predicted molar refractivity (Wildman–Crippen MR) is 104 cm³/mol. The Morgan fingerprint density at radius 2 is 1.76 bits per heavy atom. The summed E-state index contributed by atoms with van der Waals surface area (Å²) in [6.45, 7) is 5.59. The summed E-state index contributed by atoms with van der Waals surface area (Å²) < 4.78 is 17.7. The van der Waals surface area contributed by atoms with Crippen molar-refractivity contribution in [2.24, 2.45) is 16.7 Å². The molecule has 2 fully saturated rings. The van der Waals surface area contributed by atoms with Gasteiger partial charge < -0.3 is 14.2 Å². The van der Waals surface area contributed by atoms with Crippen LogP contribution < -0.4 is 4.74 Å². The van der Waals surface area contributed by atoms with Crippen molar-refractivity contribution in [2.75, 3.05) is 7.11 Å². The molecule has 2 bridgehead atoms. The molecule has 7 nitrogen and oxygen atoms in total. The van der Waals surface area contributed by atoms with Crippen molar-refractivity contribution in [1.29, 1.82) is 21.2 Å². The maximum atomic E-state index is 10.4. The fourth-order valence-corrected chi connectivity index (χ4v) is 5.05. The van der Waals surface area contributed by atoms with E-state index >= 15 is 0 Å². The summed E-state index contributed by atoms with van der Waals surface area (Å²) in [4.78, 5) is 0. The molecular formula is C22H24N4O3. The van der Waals surface area contributed by atoms with Crippen LogP contribution in [0.5, 0.6) is 5.75 Å². The highest BCUT2D eigenvalue weighted by molar-refractivity contribution is 5.90. The molecule has 3 rings (SSSR count). The molecular weight excluding hydrogens is 368 g/mol. The molecule has 0 amide bonds. The maximum absolute atomic E-state index is 10.4. The lowest BCUT2D eigenvalue weighted by atomic mass is 9.51. The summed E-state index contributed by atoms with van der Waals surface area (Å²) in [6, 6.07) is 13.4. The van der Waals surface area contributed by atoms with Crippen LogP contribution in [0.25, 0.3) is 0 Å². The Labute approximate surface area is 170 Å². The van der Waals surface area contributed by atoms with Gasteiger partial charge in [-0.15, -0.1) is 0 Å². The van der Waals surface area contributed by atoms with Gasteiger partial charge in [0, 0.05) is 12.5 Å². The molecule has 2 aliphatic heterocycles. The Morgan fingerprint density at radius 3 is 2.28 bits per heavy atom. The van der Waals surface area contributed by atoms with Gasteiger partial charge in [0.05, 0.1) is 37.3 Å². The normalized spacial score (nSPS) is 32.0. The number of hydrogen-bond donors (Lipinski definition) is 1. The molecule has 150 valence electrons. The minimum absolute atomic E-state index is 0.144. The summed E-state index contributed by atoms with van der Waals surface area (Å²) in [5, 5.41) is 39.6. The maximum Gasteiger partial charge on any atom is 0.218 e. The fraction of sp³-hybridized carbons (Fsp3) is 0.545. The third-order valence-corrected chi connectivity index (χ3v) is 6.49. The summed E-state index contributed by atoms with van der Waals surface area (Å²) in [5.41, 5.74) is -3.17. The molecule has 0 radical (unpaired) electrons. The van der Waals surface area contributed by atoms with Gasteiger partial charge in [-0.25, -0.2) is 0 Å². The highest BCUT2D eigenvalue weighted by atomic mass is 16.7. The van der Waals surface area contributed by atoms with E-state index in [2.05, 4.69) is 18.2 Å². The van der Waals surface area contributed by atoms with Gasteiger partial charge in [-0.1, -0.05) is 44.9 Å². The fourth-order valence-electron chi connectivity index (χ4n) is 5.05. The zero-order valence-electron chi connectivity index (χ0n) is 17.0. The third kappa shape index (κ3) is 2.40. The lowest BCUT2D eigenvalue weighted by Crippen LogP contribution is -2.62. The highest BCUT2D eigenvalue weighted by Crippen LogP contribution is 2.68. The number of ether oxygens (including phenoxy) is 3. The van der Waals surface area contributed by atoms with E-state index in [1.54, 1.807) is 31.2 Å². The van der Waals surface area contributed by atoms with Crippen molar-refractivity contribution in [1.82, 2.24) is 0 Å². The average molecular weight is 392 g/mol. The monoisotopic (exact) mass is 392 g/mol. The minimum atomic E-state index is -1.91. The quantitative estimate of drug-likeness (QED) is 0.811. The summed E-state index contributed by atoms with van der Waals surface area (Å²) >= 11 is 0. The van der Waals surface area contributed by atoms with Crippen LogP contribution in [0.2, 0.25) is 0 Å². The number of para-hydroxylation sites is 1. The van der Waals surface area contributed by atoms with Crippen LogP contribution in [0.3, 0.4) is 0 Å². The first-order valence-electron chi connectivity index (χ1n) is 9.68. The molecule has 2 saturated heterocycles. The van der Waals surface area contributed by atoms with Gasteiger partial charge in [0.15, 0.2) is 10.8 Å². The van der Waals surface area contributed by atoms with E-state index in [1.807, 2.05) is 13.8 Å². The van der Waals surface area contributed by atoms with Gasteiger partial charge >= 0.3 is 0 Å². The number of methoxy groups -OCH3 is 1. The van der Waals surface area contributed by atoms with Crippen molar-refractivity contribution in [2.45, 2.75) is 51.4 Å². The van der Waals surface area contributed by atoms with E-state index in [0.717, 1.165) is 0 Å². The molecule has 0 aromatic heterocycles. The summed E-state index contributed by atoms with van der Waals surface area (Å²) in [6.07, 6.45) is 0.457. The molecule has 4 atom stereocenters. The van der Waals surface area contributed by atoms with Crippen molar-refractivity contribution >= 4 is 5.90 Å². The number of fused-ring (bicyclic) bond motifs is 2. The van der Waals surface area contributed by atoms with Crippen LogP contribution in [-0.4, -0.2) is 24.9 Å². The van der Waals surface area contributed by atoms with Crippen molar-refractivity contribution < 1.29 is 14.2 Å². The van der Waals surface area contributed by atoms with E-state index in [4.69, 9.17) is 19.6 Å². The Balaban J connectivity index is 2.39. The van der Waals surface area contributed by atoms with Crippen molar-refractivity contribution in [3.05, 3.63) is 29.8 Å². The number of nitrogens with one attached hydrogen (secondary N) is 1. The van der Waals surface area contributed by atoms with E-state index < -0.39 is 34.5 Å². The zero-order valence-corrected chi connectivity index (χ0v) is 17.0. The molecule has 29 heavy (non-hydrogen) atoms. The van der Waals surface area contributed by atoms with Crippen LogP contribution >= 0.6 is 0 Å². The lowest BCUT2D eigenvalue weighted by Gasteiger charge is -2.50. The molecule has 7 heteroatoms. The SMILES string of the molecule is CCC(CC)C1OC2(C)OC(=N)C(C#N)(C2c2ccccc2OC)C1(C#N)C#N. The molecule has 2 aliphatic rings. The molecule has 4 unspecified atom stereocenters. The molecule has 1 N–H and O–H groups in total. The Morgan fingerprint density at radius 1 is 1.14 bits per heavy atom. The predicted octanol–water partition coefficient (Wildman–Crippen LogP) is 3.88. The van der Waals surface area contributed by atoms with Gasteiger partial charge in [-0.05, 0) is 12.0 Å². The average Bonchev–Trinajstić information content (AvgIpc) is 2.92. The van der Waals surface area contributed by atoms with E-state index in [9.17, 15) is 15.8 Å². The van der Waals surface area contributed by atoms with E-state index in [-0.39, 0.29) is 5.92 Å². The molecule has 1 aromatic carbocycles. The van der Waals surface area contributed by atoms with Crippen molar-refractivity contribution in [3.63, 3.8) is 0 Å². The van der Waals surface area contributed by atoms with Crippen LogP contribution in [-0.2, 0) is 9.47 Å². The smallest absolute Gasteiger partial charge is 0.218 e. The van der Waals surface area contributed by atoms with Crippen molar-refractivity contribution in [3.8, 4) is 24.0 Å². The lowest BCUT2D eigenvalue weighted by molar-refractivity contribution is -0.263.